The molecule has 6 heteroatoms. The van der Waals surface area contributed by atoms with Crippen LogP contribution in [0.5, 0.6) is 0 Å². The Morgan fingerprint density at radius 2 is 2.09 bits per heavy atom. The van der Waals surface area contributed by atoms with Gasteiger partial charge in [-0.3, -0.25) is 0 Å². The molecule has 0 spiro atoms. The largest absolute Gasteiger partial charge is 0.477 e. The lowest BCUT2D eigenvalue weighted by Crippen LogP contribution is -1.95. The minimum Gasteiger partial charge on any atom is -0.477 e. The molecule has 1 aromatic rings. The molecular weight excluding hydrogens is 397 g/mol. The zero-order valence-electron chi connectivity index (χ0n) is 4.90. The van der Waals surface area contributed by atoms with E-state index in [4.69, 9.17) is 5.11 Å². The maximum atomic E-state index is 12.9. The van der Waals surface area contributed by atoms with Gasteiger partial charge in [0.1, 0.15) is 4.88 Å². The lowest BCUT2D eigenvalue weighted by Gasteiger charge is -1.84. The number of hydrogen-bond donors (Lipinski definition) is 1. The van der Waals surface area contributed by atoms with Crippen molar-refractivity contribution in [1.82, 2.24) is 0 Å². The van der Waals surface area contributed by atoms with Crippen LogP contribution in [0.25, 0.3) is 0 Å². The van der Waals surface area contributed by atoms with Gasteiger partial charge in [0.2, 0.25) is 0 Å². The fourth-order valence-corrected chi connectivity index (χ4v) is 2.82. The van der Waals surface area contributed by atoms with E-state index < -0.39 is 11.8 Å². The van der Waals surface area contributed by atoms with Gasteiger partial charge in [-0.2, -0.15) is 0 Å². The number of thiophene rings is 1. The molecule has 0 fully saturated rings. The van der Waals surface area contributed by atoms with Crippen LogP contribution in [0, 0.1) is 12.3 Å². The Kier molecular flexibility index (Phi) is 3.09. The highest BCUT2D eigenvalue weighted by molar-refractivity contribution is 14.1. The van der Waals surface area contributed by atoms with Crippen molar-refractivity contribution in [2.75, 3.05) is 0 Å². The van der Waals surface area contributed by atoms with Crippen LogP contribution in [-0.4, -0.2) is 11.1 Å². The summed E-state index contributed by atoms with van der Waals surface area (Å²) in [6, 6.07) is 0. The third-order valence-electron chi connectivity index (χ3n) is 0.951. The quantitative estimate of drug-likeness (QED) is 0.740. The molecule has 1 heterocycles. The van der Waals surface area contributed by atoms with Gasteiger partial charge in [-0.05, 0) is 45.2 Å². The summed E-state index contributed by atoms with van der Waals surface area (Å²) in [5, 5.41) is 8.47. The van der Waals surface area contributed by atoms with Crippen LogP contribution in [0.4, 0.5) is 4.39 Å². The second-order valence-electron chi connectivity index (χ2n) is 1.64. The van der Waals surface area contributed by atoms with Crippen LogP contribution in [0.1, 0.15) is 9.67 Å². The zero-order valence-corrected chi connectivity index (χ0v) is 10.0. The number of carboxylic acids is 1. The van der Waals surface area contributed by atoms with E-state index >= 15 is 0 Å². The van der Waals surface area contributed by atoms with E-state index in [1.807, 2.05) is 22.6 Å². The summed E-state index contributed by atoms with van der Waals surface area (Å²) in [6.45, 7) is 0. The van der Waals surface area contributed by atoms with E-state index in [9.17, 15) is 9.18 Å². The Hall–Kier alpha value is 0.560. The maximum Gasteiger partial charge on any atom is 0.348 e. The Bertz CT molecular complexity index is 310. The topological polar surface area (TPSA) is 37.3 Å². The Labute approximate surface area is 93.1 Å². The third kappa shape index (κ3) is 1.83. The Morgan fingerprint density at radius 1 is 1.55 bits per heavy atom. The highest BCUT2D eigenvalue weighted by Crippen LogP contribution is 2.29. The van der Waals surface area contributed by atoms with Gasteiger partial charge in [-0.15, -0.1) is 11.3 Å². The number of aromatic carboxylic acids is 1. The molecule has 0 aliphatic heterocycles. The fourth-order valence-electron chi connectivity index (χ4n) is 0.503. The SMILES string of the molecule is O=C(O)c1sc(I)c(I)c1F. The molecule has 0 aliphatic carbocycles. The molecule has 60 valence electrons. The lowest BCUT2D eigenvalue weighted by atomic mass is 10.4. The first kappa shape index (κ1) is 9.65. The average Bonchev–Trinajstić information content (AvgIpc) is 2.17. The smallest absolute Gasteiger partial charge is 0.348 e. The molecule has 0 saturated heterocycles. The van der Waals surface area contributed by atoms with Crippen LogP contribution in [0.2, 0.25) is 0 Å². The van der Waals surface area contributed by atoms with Crippen molar-refractivity contribution >= 4 is 62.5 Å². The van der Waals surface area contributed by atoms with E-state index in [1.54, 1.807) is 22.6 Å². The number of rotatable bonds is 1. The Balaban J connectivity index is 3.29. The van der Waals surface area contributed by atoms with E-state index in [1.165, 1.54) is 0 Å². The van der Waals surface area contributed by atoms with Crippen LogP contribution >= 0.6 is 56.5 Å². The van der Waals surface area contributed by atoms with Gasteiger partial charge in [0.25, 0.3) is 0 Å². The third-order valence-corrected chi connectivity index (χ3v) is 5.50. The lowest BCUT2D eigenvalue weighted by molar-refractivity contribution is 0.0697. The van der Waals surface area contributed by atoms with Crippen molar-refractivity contribution in [3.05, 3.63) is 17.1 Å². The van der Waals surface area contributed by atoms with E-state index in [0.717, 1.165) is 11.3 Å². The van der Waals surface area contributed by atoms with Crippen LogP contribution in [0.15, 0.2) is 0 Å². The minimum absolute atomic E-state index is 0.209. The van der Waals surface area contributed by atoms with E-state index in [2.05, 4.69) is 0 Å². The van der Waals surface area contributed by atoms with Gasteiger partial charge in [0.15, 0.2) is 5.82 Å². The summed E-state index contributed by atoms with van der Waals surface area (Å²) < 4.78 is 14.0. The normalized spacial score (nSPS) is 10.1. The van der Waals surface area contributed by atoms with Gasteiger partial charge in [0.05, 0.1) is 6.45 Å². The number of hydrogen-bond acceptors (Lipinski definition) is 2. The summed E-state index contributed by atoms with van der Waals surface area (Å²) in [5.41, 5.74) is 0. The average molecular weight is 398 g/mol. The highest BCUT2D eigenvalue weighted by atomic mass is 127. The molecule has 0 bridgehead atoms. The zero-order chi connectivity index (χ0) is 8.59. The van der Waals surface area contributed by atoms with Crippen molar-refractivity contribution in [3.8, 4) is 0 Å². The van der Waals surface area contributed by atoms with Crippen LogP contribution in [-0.2, 0) is 0 Å². The van der Waals surface area contributed by atoms with Crippen molar-refractivity contribution < 1.29 is 14.3 Å². The first-order valence-electron chi connectivity index (χ1n) is 2.40. The number of carbonyl (C=O) groups is 1. The maximum absolute atomic E-state index is 12.9. The molecular formula is C5HFI2O2S. The second kappa shape index (κ2) is 3.52. The van der Waals surface area contributed by atoms with Crippen LogP contribution < -0.4 is 0 Å². The molecule has 11 heavy (non-hydrogen) atoms. The van der Waals surface area contributed by atoms with Crippen molar-refractivity contribution in [2.24, 2.45) is 0 Å². The predicted octanol–water partition coefficient (Wildman–Crippen LogP) is 2.79. The summed E-state index contributed by atoms with van der Waals surface area (Å²) >= 11 is 4.65. The summed E-state index contributed by atoms with van der Waals surface area (Å²) in [5.74, 6) is -1.82. The van der Waals surface area contributed by atoms with Crippen molar-refractivity contribution in [3.63, 3.8) is 0 Å². The predicted molar refractivity (Wildman–Crippen MR) is 56.7 cm³/mol. The molecule has 0 radical (unpaired) electrons. The molecule has 0 aliphatic rings. The molecule has 0 saturated carbocycles. The van der Waals surface area contributed by atoms with Crippen molar-refractivity contribution in [1.29, 1.82) is 0 Å². The summed E-state index contributed by atoms with van der Waals surface area (Å²) in [4.78, 5) is 10.1. The molecule has 0 unspecified atom stereocenters. The van der Waals surface area contributed by atoms with E-state index in [0.29, 0.717) is 6.45 Å². The molecule has 0 amide bonds. The Morgan fingerprint density at radius 3 is 2.27 bits per heavy atom. The van der Waals surface area contributed by atoms with E-state index in [-0.39, 0.29) is 4.88 Å². The standard InChI is InChI=1S/C5HFI2O2S/c6-1-2(7)4(8)11-3(1)5(9)10/h(H,9,10). The van der Waals surface area contributed by atoms with Gasteiger partial charge in [-0.25, -0.2) is 9.18 Å². The van der Waals surface area contributed by atoms with Gasteiger partial charge >= 0.3 is 5.97 Å². The highest BCUT2D eigenvalue weighted by Gasteiger charge is 2.19. The first-order chi connectivity index (χ1) is 5.04. The van der Waals surface area contributed by atoms with Gasteiger partial charge < -0.3 is 5.11 Å². The molecule has 0 atom stereocenters. The summed E-state index contributed by atoms with van der Waals surface area (Å²) in [7, 11) is 0. The molecule has 2 nitrogen and oxygen atoms in total. The molecule has 1 rings (SSSR count). The molecule has 1 N–H and O–H groups in total. The van der Waals surface area contributed by atoms with Gasteiger partial charge in [-0.1, -0.05) is 0 Å². The number of carboxylic acid groups (broad SMARTS) is 1. The second-order valence-corrected chi connectivity index (χ2v) is 5.55. The first-order valence-corrected chi connectivity index (χ1v) is 5.38. The van der Waals surface area contributed by atoms with Gasteiger partial charge in [0, 0.05) is 0 Å². The molecule has 0 aromatic carbocycles. The number of halogens is 3. The fraction of sp³-hybridized carbons (Fsp3) is 0. The van der Waals surface area contributed by atoms with Crippen molar-refractivity contribution in [2.45, 2.75) is 0 Å². The van der Waals surface area contributed by atoms with Crippen LogP contribution in [0.3, 0.4) is 0 Å². The summed E-state index contributed by atoms with van der Waals surface area (Å²) in [6.07, 6.45) is 0. The minimum atomic E-state index is -1.20. The molecule has 1 aromatic heterocycles. The monoisotopic (exact) mass is 398 g/mol.